The Kier molecular flexibility index (Phi) is 4.91. The highest BCUT2D eigenvalue weighted by Gasteiger charge is 2.06. The van der Waals surface area contributed by atoms with Crippen molar-refractivity contribution in [3.8, 4) is 0 Å². The van der Waals surface area contributed by atoms with E-state index in [-0.39, 0.29) is 12.5 Å². The molecule has 0 saturated heterocycles. The van der Waals surface area contributed by atoms with Crippen molar-refractivity contribution in [2.45, 2.75) is 6.54 Å². The van der Waals surface area contributed by atoms with Crippen molar-refractivity contribution in [2.75, 3.05) is 11.9 Å². The zero-order valence-electron chi connectivity index (χ0n) is 12.6. The van der Waals surface area contributed by atoms with Crippen molar-refractivity contribution in [2.24, 2.45) is 0 Å². The van der Waals surface area contributed by atoms with Gasteiger partial charge in [-0.2, -0.15) is 0 Å². The first-order chi connectivity index (χ1) is 11.2. The van der Waals surface area contributed by atoms with E-state index >= 15 is 0 Å². The van der Waals surface area contributed by atoms with Crippen LogP contribution in [-0.4, -0.2) is 12.5 Å². The van der Waals surface area contributed by atoms with Crippen molar-refractivity contribution in [3.63, 3.8) is 0 Å². The summed E-state index contributed by atoms with van der Waals surface area (Å²) >= 11 is 6.09. The summed E-state index contributed by atoms with van der Waals surface area (Å²) in [5, 5.41) is 8.91. The Balaban J connectivity index is 1.60. The van der Waals surface area contributed by atoms with Gasteiger partial charge in [0.15, 0.2) is 0 Å². The van der Waals surface area contributed by atoms with Gasteiger partial charge in [-0.05, 0) is 23.1 Å². The molecule has 0 aliphatic heterocycles. The lowest BCUT2D eigenvalue weighted by Gasteiger charge is -2.10. The number of halogens is 1. The Bertz CT molecular complexity index is 827. The average Bonchev–Trinajstić information content (AvgIpc) is 2.57. The second kappa shape index (κ2) is 7.27. The summed E-state index contributed by atoms with van der Waals surface area (Å²) in [6.07, 6.45) is 0. The number of benzene rings is 3. The van der Waals surface area contributed by atoms with Crippen LogP contribution >= 0.6 is 11.6 Å². The summed E-state index contributed by atoms with van der Waals surface area (Å²) in [5.41, 5.74) is 1.81. The molecule has 3 rings (SSSR count). The highest BCUT2D eigenvalue weighted by molar-refractivity contribution is 6.31. The number of hydrogen-bond donors (Lipinski definition) is 2. The molecule has 0 spiro atoms. The van der Waals surface area contributed by atoms with E-state index in [0.29, 0.717) is 11.6 Å². The van der Waals surface area contributed by atoms with Crippen LogP contribution in [0, 0.1) is 0 Å². The standard InChI is InChI=1S/C19H17ClN2O/c20-17-10-4-2-7-15(17)12-21-13-19(23)22-18-11-5-8-14-6-1-3-9-16(14)18/h1-11,21H,12-13H2,(H,22,23). The van der Waals surface area contributed by atoms with Gasteiger partial charge >= 0.3 is 0 Å². The number of fused-ring (bicyclic) bond motifs is 1. The van der Waals surface area contributed by atoms with Gasteiger partial charge in [-0.1, -0.05) is 66.2 Å². The Morgan fingerprint density at radius 3 is 2.52 bits per heavy atom. The number of hydrogen-bond acceptors (Lipinski definition) is 2. The van der Waals surface area contributed by atoms with Crippen molar-refractivity contribution in [1.82, 2.24) is 5.32 Å². The van der Waals surface area contributed by atoms with Crippen LogP contribution < -0.4 is 10.6 Å². The quantitative estimate of drug-likeness (QED) is 0.737. The Hall–Kier alpha value is -2.36. The maximum atomic E-state index is 12.1. The molecule has 0 unspecified atom stereocenters. The van der Waals surface area contributed by atoms with Crippen LogP contribution in [0.25, 0.3) is 10.8 Å². The van der Waals surface area contributed by atoms with Gasteiger partial charge in [0.25, 0.3) is 0 Å². The lowest BCUT2D eigenvalue weighted by Crippen LogP contribution is -2.27. The molecule has 0 radical (unpaired) electrons. The molecule has 0 aliphatic carbocycles. The number of anilines is 1. The molecule has 0 bridgehead atoms. The molecule has 0 heterocycles. The molecule has 2 N–H and O–H groups in total. The van der Waals surface area contributed by atoms with Gasteiger partial charge < -0.3 is 10.6 Å². The summed E-state index contributed by atoms with van der Waals surface area (Å²) in [7, 11) is 0. The topological polar surface area (TPSA) is 41.1 Å². The van der Waals surface area contributed by atoms with Crippen LogP contribution in [0.1, 0.15) is 5.56 Å². The number of nitrogens with one attached hydrogen (secondary N) is 2. The number of carbonyl (C=O) groups excluding carboxylic acids is 1. The third-order valence-corrected chi connectivity index (χ3v) is 3.99. The largest absolute Gasteiger partial charge is 0.324 e. The van der Waals surface area contributed by atoms with E-state index in [2.05, 4.69) is 10.6 Å². The smallest absolute Gasteiger partial charge is 0.238 e. The van der Waals surface area contributed by atoms with E-state index in [1.54, 1.807) is 0 Å². The van der Waals surface area contributed by atoms with Crippen LogP contribution in [-0.2, 0) is 11.3 Å². The zero-order valence-corrected chi connectivity index (χ0v) is 13.3. The first-order valence-electron chi connectivity index (χ1n) is 7.46. The lowest BCUT2D eigenvalue weighted by atomic mass is 10.1. The third kappa shape index (κ3) is 3.89. The van der Waals surface area contributed by atoms with E-state index in [4.69, 9.17) is 11.6 Å². The second-order valence-electron chi connectivity index (χ2n) is 5.27. The van der Waals surface area contributed by atoms with Crippen LogP contribution in [0.15, 0.2) is 66.7 Å². The molecule has 3 aromatic rings. The summed E-state index contributed by atoms with van der Waals surface area (Å²) in [5.74, 6) is -0.0755. The average molecular weight is 325 g/mol. The second-order valence-corrected chi connectivity index (χ2v) is 5.68. The van der Waals surface area contributed by atoms with E-state index in [9.17, 15) is 4.79 Å². The van der Waals surface area contributed by atoms with Gasteiger partial charge in [0.05, 0.1) is 6.54 Å². The fraction of sp³-hybridized carbons (Fsp3) is 0.105. The monoisotopic (exact) mass is 324 g/mol. The van der Waals surface area contributed by atoms with E-state index in [0.717, 1.165) is 22.0 Å². The predicted molar refractivity (Wildman–Crippen MR) is 95.7 cm³/mol. The number of carbonyl (C=O) groups is 1. The van der Waals surface area contributed by atoms with Crippen LogP contribution in [0.4, 0.5) is 5.69 Å². The molecule has 0 aromatic heterocycles. The van der Waals surface area contributed by atoms with Crippen molar-refractivity contribution >= 4 is 34.0 Å². The normalized spacial score (nSPS) is 10.7. The minimum atomic E-state index is -0.0755. The molecule has 0 fully saturated rings. The van der Waals surface area contributed by atoms with Crippen LogP contribution in [0.3, 0.4) is 0 Å². The maximum Gasteiger partial charge on any atom is 0.238 e. The molecular weight excluding hydrogens is 308 g/mol. The van der Waals surface area contributed by atoms with E-state index in [1.807, 2.05) is 66.7 Å². The van der Waals surface area contributed by atoms with Gasteiger partial charge in [0, 0.05) is 22.6 Å². The molecule has 0 saturated carbocycles. The molecular formula is C19H17ClN2O. The van der Waals surface area contributed by atoms with Crippen LogP contribution in [0.5, 0.6) is 0 Å². The van der Waals surface area contributed by atoms with Crippen molar-refractivity contribution < 1.29 is 4.79 Å². The molecule has 3 aromatic carbocycles. The first-order valence-corrected chi connectivity index (χ1v) is 7.83. The summed E-state index contributed by atoms with van der Waals surface area (Å²) in [4.78, 5) is 12.1. The zero-order chi connectivity index (χ0) is 16.1. The van der Waals surface area contributed by atoms with Gasteiger partial charge in [0.1, 0.15) is 0 Å². The summed E-state index contributed by atoms with van der Waals surface area (Å²) < 4.78 is 0. The summed E-state index contributed by atoms with van der Waals surface area (Å²) in [6, 6.07) is 21.5. The Morgan fingerprint density at radius 2 is 1.65 bits per heavy atom. The fourth-order valence-corrected chi connectivity index (χ4v) is 2.68. The Labute approximate surface area is 140 Å². The van der Waals surface area contributed by atoms with Gasteiger partial charge in [-0.15, -0.1) is 0 Å². The van der Waals surface area contributed by atoms with Gasteiger partial charge in [-0.25, -0.2) is 0 Å². The molecule has 0 aliphatic rings. The number of amides is 1. The predicted octanol–water partition coefficient (Wildman–Crippen LogP) is 4.22. The highest BCUT2D eigenvalue weighted by Crippen LogP contribution is 2.22. The third-order valence-electron chi connectivity index (χ3n) is 3.62. The van der Waals surface area contributed by atoms with Gasteiger partial charge in [-0.3, -0.25) is 4.79 Å². The lowest BCUT2D eigenvalue weighted by molar-refractivity contribution is -0.115. The molecule has 3 nitrogen and oxygen atoms in total. The molecule has 116 valence electrons. The molecule has 4 heteroatoms. The number of rotatable bonds is 5. The summed E-state index contributed by atoms with van der Waals surface area (Å²) in [6.45, 7) is 0.789. The molecule has 1 amide bonds. The maximum absolute atomic E-state index is 12.1. The van der Waals surface area contributed by atoms with E-state index < -0.39 is 0 Å². The van der Waals surface area contributed by atoms with E-state index in [1.165, 1.54) is 0 Å². The minimum Gasteiger partial charge on any atom is -0.324 e. The SMILES string of the molecule is O=C(CNCc1ccccc1Cl)Nc1cccc2ccccc12. The van der Waals surface area contributed by atoms with Crippen molar-refractivity contribution in [1.29, 1.82) is 0 Å². The minimum absolute atomic E-state index is 0.0755. The highest BCUT2D eigenvalue weighted by atomic mass is 35.5. The van der Waals surface area contributed by atoms with Crippen LogP contribution in [0.2, 0.25) is 5.02 Å². The fourth-order valence-electron chi connectivity index (χ4n) is 2.48. The molecule has 0 atom stereocenters. The first kappa shape index (κ1) is 15.5. The Morgan fingerprint density at radius 1 is 0.913 bits per heavy atom. The molecule has 23 heavy (non-hydrogen) atoms. The van der Waals surface area contributed by atoms with Gasteiger partial charge in [0.2, 0.25) is 5.91 Å². The van der Waals surface area contributed by atoms with Crippen molar-refractivity contribution in [3.05, 3.63) is 77.3 Å².